The van der Waals surface area contributed by atoms with Crippen LogP contribution >= 0.6 is 0 Å². The first-order valence-electron chi connectivity index (χ1n) is 11.0. The number of fused-ring (bicyclic) bond motifs is 1. The van der Waals surface area contributed by atoms with Gasteiger partial charge in [-0.05, 0) is 35.7 Å². The van der Waals surface area contributed by atoms with Gasteiger partial charge in [0.15, 0.2) is 5.78 Å². The van der Waals surface area contributed by atoms with Crippen molar-refractivity contribution in [1.82, 2.24) is 0 Å². The van der Waals surface area contributed by atoms with Gasteiger partial charge in [0, 0.05) is 16.5 Å². The van der Waals surface area contributed by atoms with Gasteiger partial charge in [0.05, 0.1) is 24.2 Å². The topological polar surface area (TPSA) is 269 Å². The van der Waals surface area contributed by atoms with Gasteiger partial charge in [-0.15, -0.1) is 0 Å². The first-order valence-corrected chi connectivity index (χ1v) is 15.5. The molecule has 4 rings (SSSR count). The van der Waals surface area contributed by atoms with Gasteiger partial charge in [-0.1, -0.05) is 6.07 Å². The van der Waals surface area contributed by atoms with E-state index in [1.54, 1.807) is 0 Å². The van der Waals surface area contributed by atoms with Crippen LogP contribution < -0.4 is 21.1 Å². The lowest BCUT2D eigenvalue weighted by Gasteiger charge is -2.29. The lowest BCUT2D eigenvalue weighted by atomic mass is 9.94. The minimum Gasteiger partial charge on any atom is -0.495 e. The van der Waals surface area contributed by atoms with Gasteiger partial charge in [0.25, 0.3) is 30.4 Å². The SMILES string of the molecule is COc1ccc2c(C(=O)CS(=O)(=O)O)c(C3=NC=NCN3c3ccc(S(=O)(=O)O)c(S(=O)(=O)O)c3N)ccc2c1N. The van der Waals surface area contributed by atoms with Gasteiger partial charge < -0.3 is 21.1 Å². The molecule has 0 amide bonds. The molecule has 1 heterocycles. The number of Topliss-reactive ketones (excluding diaryl/α,β-unsaturated/α-hetero) is 1. The van der Waals surface area contributed by atoms with Gasteiger partial charge in [-0.25, -0.2) is 4.99 Å². The quantitative estimate of drug-likeness (QED) is 0.131. The standard InChI is InChI=1S/C22H21N5O11S3/c1-38-16-6-4-11-12(19(16)23)2-3-13(18(11)15(28)8-39(29,30)31)22-26-9-25-10-27(22)14-5-7-17(40(32,33)34)21(20(14)24)41(35,36)37/h2-7,9H,8,10,23-24H2,1H3,(H,29,30,31)(H,32,33,34)(H,35,36,37). The summed E-state index contributed by atoms with van der Waals surface area (Å²) in [7, 11) is -13.9. The molecule has 1 aliphatic rings. The Morgan fingerprint density at radius 1 is 0.927 bits per heavy atom. The fourth-order valence-electron chi connectivity index (χ4n) is 4.34. The highest BCUT2D eigenvalue weighted by Gasteiger charge is 2.33. The number of rotatable bonds is 8. The number of carbonyl (C=O) groups excluding carboxylic acids is 1. The molecule has 16 nitrogen and oxygen atoms in total. The van der Waals surface area contributed by atoms with E-state index in [4.69, 9.17) is 16.2 Å². The number of benzene rings is 3. The summed E-state index contributed by atoms with van der Waals surface area (Å²) >= 11 is 0. The molecule has 0 bridgehead atoms. The van der Waals surface area contributed by atoms with E-state index < -0.39 is 57.4 Å². The number of aliphatic imine (C=N–C) groups is 2. The molecule has 0 spiro atoms. The maximum Gasteiger partial charge on any atom is 0.298 e. The van der Waals surface area contributed by atoms with Crippen LogP contribution in [0.4, 0.5) is 17.1 Å². The Morgan fingerprint density at radius 3 is 2.17 bits per heavy atom. The highest BCUT2D eigenvalue weighted by molar-refractivity contribution is 7.89. The first kappa shape index (κ1) is 29.8. The largest absolute Gasteiger partial charge is 0.495 e. The molecule has 0 saturated heterocycles. The maximum atomic E-state index is 13.3. The predicted octanol–water partition coefficient (Wildman–Crippen LogP) is 0.829. The van der Waals surface area contributed by atoms with Crippen LogP contribution in [0.1, 0.15) is 15.9 Å². The third-order valence-electron chi connectivity index (χ3n) is 5.96. The molecule has 0 atom stereocenters. The molecule has 218 valence electrons. The number of methoxy groups -OCH3 is 1. The van der Waals surface area contributed by atoms with Crippen molar-refractivity contribution in [2.45, 2.75) is 9.79 Å². The summed E-state index contributed by atoms with van der Waals surface area (Å²) in [5.74, 6) is -2.25. The van der Waals surface area contributed by atoms with Crippen LogP contribution in [-0.4, -0.2) is 76.4 Å². The number of hydrogen-bond acceptors (Lipinski definition) is 13. The van der Waals surface area contributed by atoms with E-state index in [2.05, 4.69) is 9.98 Å². The van der Waals surface area contributed by atoms with Crippen LogP contribution in [0.3, 0.4) is 0 Å². The smallest absolute Gasteiger partial charge is 0.298 e. The second-order valence-corrected chi connectivity index (χ2v) is 12.7. The van der Waals surface area contributed by atoms with E-state index in [0.29, 0.717) is 6.07 Å². The van der Waals surface area contributed by atoms with Gasteiger partial charge >= 0.3 is 0 Å². The molecular formula is C22H21N5O11S3. The third kappa shape index (κ3) is 5.71. The van der Waals surface area contributed by atoms with E-state index in [0.717, 1.165) is 17.3 Å². The number of hydrogen-bond donors (Lipinski definition) is 5. The second-order valence-electron chi connectivity index (χ2n) is 8.51. The van der Waals surface area contributed by atoms with E-state index in [-0.39, 0.29) is 51.5 Å². The van der Waals surface area contributed by atoms with Crippen LogP contribution in [0.15, 0.2) is 56.2 Å². The minimum absolute atomic E-state index is 0.0338. The minimum atomic E-state index is -5.32. The van der Waals surface area contributed by atoms with Crippen LogP contribution in [0.25, 0.3) is 10.8 Å². The zero-order valence-corrected chi connectivity index (χ0v) is 23.2. The number of carbonyl (C=O) groups is 1. The molecule has 0 fully saturated rings. The lowest BCUT2D eigenvalue weighted by molar-refractivity contribution is 0.102. The normalized spacial score (nSPS) is 14.2. The van der Waals surface area contributed by atoms with Crippen LogP contribution in [0.2, 0.25) is 0 Å². The summed E-state index contributed by atoms with van der Waals surface area (Å²) in [6.07, 6.45) is 1.09. The highest BCUT2D eigenvalue weighted by Crippen LogP contribution is 2.38. The highest BCUT2D eigenvalue weighted by atomic mass is 32.2. The van der Waals surface area contributed by atoms with Crippen LogP contribution in [0, 0.1) is 0 Å². The molecule has 41 heavy (non-hydrogen) atoms. The molecule has 3 aromatic rings. The zero-order chi connectivity index (χ0) is 30.5. The summed E-state index contributed by atoms with van der Waals surface area (Å²) in [4.78, 5) is 20.1. The molecule has 19 heteroatoms. The molecule has 0 unspecified atom stereocenters. The van der Waals surface area contributed by atoms with Crippen molar-refractivity contribution < 1.29 is 48.4 Å². The van der Waals surface area contributed by atoms with E-state index in [1.807, 2.05) is 0 Å². The number of ketones is 1. The molecule has 0 saturated carbocycles. The van der Waals surface area contributed by atoms with E-state index >= 15 is 0 Å². The Balaban J connectivity index is 2.03. The summed E-state index contributed by atoms with van der Waals surface area (Å²) in [6, 6.07) is 7.38. The fourth-order valence-corrected chi connectivity index (χ4v) is 6.74. The molecule has 0 aliphatic carbocycles. The molecular weight excluding hydrogens is 606 g/mol. The summed E-state index contributed by atoms with van der Waals surface area (Å²) in [5.41, 5.74) is 10.9. The maximum absolute atomic E-state index is 13.3. The number of amidine groups is 1. The number of ether oxygens (including phenoxy) is 1. The Bertz CT molecular complexity index is 2010. The average molecular weight is 628 g/mol. The average Bonchev–Trinajstić information content (AvgIpc) is 2.86. The van der Waals surface area contributed by atoms with Gasteiger partial charge in [-0.2, -0.15) is 25.3 Å². The first-order chi connectivity index (χ1) is 19.0. The van der Waals surface area contributed by atoms with Crippen molar-refractivity contribution >= 4 is 76.1 Å². The van der Waals surface area contributed by atoms with E-state index in [1.165, 1.54) is 31.4 Å². The van der Waals surface area contributed by atoms with Gasteiger partial charge in [0.1, 0.15) is 40.1 Å². The Hall–Kier alpha value is -4.14. The van der Waals surface area contributed by atoms with Crippen molar-refractivity contribution in [1.29, 1.82) is 0 Å². The van der Waals surface area contributed by atoms with Crippen molar-refractivity contribution in [2.24, 2.45) is 9.98 Å². The third-order valence-corrected chi connectivity index (χ3v) is 8.57. The van der Waals surface area contributed by atoms with Crippen molar-refractivity contribution in [3.05, 3.63) is 47.5 Å². The Kier molecular flexibility index (Phi) is 7.54. The van der Waals surface area contributed by atoms with Gasteiger partial charge in [0.2, 0.25) is 0 Å². The summed E-state index contributed by atoms with van der Waals surface area (Å²) in [6.45, 7) is -0.326. The van der Waals surface area contributed by atoms with Gasteiger partial charge in [-0.3, -0.25) is 23.4 Å². The second kappa shape index (κ2) is 10.4. The van der Waals surface area contributed by atoms with Crippen LogP contribution in [0.5, 0.6) is 5.75 Å². The molecule has 7 N–H and O–H groups in total. The number of anilines is 3. The summed E-state index contributed by atoms with van der Waals surface area (Å²) in [5, 5.41) is 0.432. The lowest BCUT2D eigenvalue weighted by Crippen LogP contribution is -2.36. The summed E-state index contributed by atoms with van der Waals surface area (Å²) < 4.78 is 105. The predicted molar refractivity (Wildman–Crippen MR) is 149 cm³/mol. The van der Waals surface area contributed by atoms with Crippen molar-refractivity contribution in [3.8, 4) is 5.75 Å². The number of nitrogens with zero attached hydrogens (tertiary/aromatic N) is 3. The Labute approximate surface area is 233 Å². The monoisotopic (exact) mass is 627 g/mol. The number of nitrogens with two attached hydrogens (primary N) is 2. The molecule has 3 aromatic carbocycles. The van der Waals surface area contributed by atoms with Crippen LogP contribution in [-0.2, 0) is 30.4 Å². The number of nitrogen functional groups attached to an aromatic ring is 2. The zero-order valence-electron chi connectivity index (χ0n) is 20.8. The van der Waals surface area contributed by atoms with E-state index in [9.17, 15) is 43.7 Å². The molecule has 0 radical (unpaired) electrons. The fraction of sp³-hybridized carbons (Fsp3) is 0.136. The van der Waals surface area contributed by atoms with Crippen molar-refractivity contribution in [3.63, 3.8) is 0 Å². The molecule has 0 aromatic heterocycles. The van der Waals surface area contributed by atoms with Crippen molar-refractivity contribution in [2.75, 3.05) is 35.9 Å². The Morgan fingerprint density at radius 2 is 1.59 bits per heavy atom. The molecule has 1 aliphatic heterocycles.